The molecule has 2 aliphatic rings. The molecule has 4 nitrogen and oxygen atoms in total. The smallest absolute Gasteiger partial charge is 0.0642 e. The molecule has 3 rings (SSSR count). The van der Waals surface area contributed by atoms with Gasteiger partial charge in [0.2, 0.25) is 0 Å². The van der Waals surface area contributed by atoms with Crippen molar-refractivity contribution in [2.24, 2.45) is 0 Å². The fourth-order valence-electron chi connectivity index (χ4n) is 2.79. The molecule has 2 fully saturated rings. The number of anilines is 1. The summed E-state index contributed by atoms with van der Waals surface area (Å²) in [5, 5.41) is 0. The Morgan fingerprint density at radius 2 is 1.60 bits per heavy atom. The van der Waals surface area contributed by atoms with Gasteiger partial charge in [-0.25, -0.2) is 0 Å². The lowest BCUT2D eigenvalue weighted by atomic mass is 10.1. The number of rotatable bonds is 3. The minimum Gasteiger partial charge on any atom is -0.379 e. The van der Waals surface area contributed by atoms with Gasteiger partial charge in [0.1, 0.15) is 0 Å². The van der Waals surface area contributed by atoms with Crippen molar-refractivity contribution < 1.29 is 9.47 Å². The van der Waals surface area contributed by atoms with Crippen LogP contribution in [-0.2, 0) is 16.0 Å². The first kappa shape index (κ1) is 14.3. The van der Waals surface area contributed by atoms with E-state index in [2.05, 4.69) is 43.9 Å². The Morgan fingerprint density at radius 3 is 2.30 bits per heavy atom. The molecule has 0 aromatic heterocycles. The number of hydrogen-bond donors (Lipinski definition) is 0. The molecule has 20 heavy (non-hydrogen) atoms. The molecule has 0 saturated carbocycles. The maximum Gasteiger partial charge on any atom is 0.0642 e. The lowest BCUT2D eigenvalue weighted by Crippen LogP contribution is -2.38. The van der Waals surface area contributed by atoms with Crippen LogP contribution in [0.15, 0.2) is 22.7 Å². The van der Waals surface area contributed by atoms with E-state index in [9.17, 15) is 0 Å². The van der Waals surface area contributed by atoms with Crippen molar-refractivity contribution in [2.75, 3.05) is 57.5 Å². The third kappa shape index (κ3) is 3.52. The summed E-state index contributed by atoms with van der Waals surface area (Å²) in [4.78, 5) is 4.90. The van der Waals surface area contributed by atoms with Gasteiger partial charge in [0.15, 0.2) is 0 Å². The SMILES string of the molecule is Brc1ccc(N2CCOCC2)c(CN2CCOCC2)c1. The van der Waals surface area contributed by atoms with Crippen LogP contribution < -0.4 is 4.90 Å². The fraction of sp³-hybridized carbons (Fsp3) is 0.600. The predicted molar refractivity (Wildman–Crippen MR) is 83.3 cm³/mol. The number of hydrogen-bond acceptors (Lipinski definition) is 4. The Morgan fingerprint density at radius 1 is 0.950 bits per heavy atom. The Balaban J connectivity index is 1.77. The van der Waals surface area contributed by atoms with Crippen molar-refractivity contribution in [1.29, 1.82) is 0 Å². The van der Waals surface area contributed by atoms with Gasteiger partial charge in [-0.05, 0) is 23.8 Å². The summed E-state index contributed by atoms with van der Waals surface area (Å²) in [6, 6.07) is 6.61. The van der Waals surface area contributed by atoms with Gasteiger partial charge in [-0.15, -0.1) is 0 Å². The van der Waals surface area contributed by atoms with Crippen LogP contribution in [0.4, 0.5) is 5.69 Å². The first-order chi connectivity index (χ1) is 9.83. The molecule has 0 aliphatic carbocycles. The zero-order valence-corrected chi connectivity index (χ0v) is 13.3. The van der Waals surface area contributed by atoms with E-state index in [0.717, 1.165) is 63.6 Å². The second-order valence-electron chi connectivity index (χ2n) is 5.26. The van der Waals surface area contributed by atoms with E-state index >= 15 is 0 Å². The third-order valence-electron chi connectivity index (χ3n) is 3.89. The molecule has 0 bridgehead atoms. The number of benzene rings is 1. The molecule has 0 amide bonds. The first-order valence-corrected chi connectivity index (χ1v) is 8.03. The van der Waals surface area contributed by atoms with Crippen molar-refractivity contribution >= 4 is 21.6 Å². The van der Waals surface area contributed by atoms with Crippen molar-refractivity contribution in [3.05, 3.63) is 28.2 Å². The van der Waals surface area contributed by atoms with Crippen LogP contribution in [0.5, 0.6) is 0 Å². The van der Waals surface area contributed by atoms with Crippen LogP contribution in [0, 0.1) is 0 Å². The quantitative estimate of drug-likeness (QED) is 0.841. The van der Waals surface area contributed by atoms with E-state index in [1.54, 1.807) is 0 Å². The standard InChI is InChI=1S/C15H21BrN2O2/c16-14-1-2-15(18-5-9-20-10-6-18)13(11-14)12-17-3-7-19-8-4-17/h1-2,11H,3-10,12H2. The van der Waals surface area contributed by atoms with Gasteiger partial charge in [0, 0.05) is 42.9 Å². The Kier molecular flexibility index (Phi) is 4.94. The van der Waals surface area contributed by atoms with Gasteiger partial charge in [0.05, 0.1) is 26.4 Å². The topological polar surface area (TPSA) is 24.9 Å². The number of morpholine rings is 2. The summed E-state index contributed by atoms with van der Waals surface area (Å²) < 4.78 is 12.0. The highest BCUT2D eigenvalue weighted by atomic mass is 79.9. The molecule has 1 aromatic rings. The lowest BCUT2D eigenvalue weighted by molar-refractivity contribution is 0.0342. The lowest BCUT2D eigenvalue weighted by Gasteiger charge is -2.33. The van der Waals surface area contributed by atoms with Gasteiger partial charge in [0.25, 0.3) is 0 Å². The van der Waals surface area contributed by atoms with Crippen molar-refractivity contribution in [3.63, 3.8) is 0 Å². The van der Waals surface area contributed by atoms with Gasteiger partial charge >= 0.3 is 0 Å². The second kappa shape index (κ2) is 6.89. The maximum atomic E-state index is 5.46. The molecular formula is C15H21BrN2O2. The Bertz CT molecular complexity index is 443. The number of halogens is 1. The first-order valence-electron chi connectivity index (χ1n) is 7.24. The maximum absolute atomic E-state index is 5.46. The average molecular weight is 341 g/mol. The highest BCUT2D eigenvalue weighted by molar-refractivity contribution is 9.10. The van der Waals surface area contributed by atoms with Crippen LogP contribution >= 0.6 is 15.9 Å². The van der Waals surface area contributed by atoms with E-state index in [0.29, 0.717) is 0 Å². The van der Waals surface area contributed by atoms with E-state index in [1.165, 1.54) is 11.3 Å². The average Bonchev–Trinajstić information content (AvgIpc) is 2.49. The molecule has 0 radical (unpaired) electrons. The van der Waals surface area contributed by atoms with Crippen LogP contribution in [0.3, 0.4) is 0 Å². The van der Waals surface area contributed by atoms with Crippen LogP contribution in [-0.4, -0.2) is 57.5 Å². The van der Waals surface area contributed by atoms with Gasteiger partial charge in [-0.1, -0.05) is 15.9 Å². The zero-order chi connectivity index (χ0) is 13.8. The summed E-state index contributed by atoms with van der Waals surface area (Å²) in [5.74, 6) is 0. The van der Waals surface area contributed by atoms with E-state index < -0.39 is 0 Å². The summed E-state index contributed by atoms with van der Waals surface area (Å²) in [6.07, 6.45) is 0. The Labute approximate surface area is 128 Å². The summed E-state index contributed by atoms with van der Waals surface area (Å²) in [7, 11) is 0. The van der Waals surface area contributed by atoms with Crippen LogP contribution in [0.25, 0.3) is 0 Å². The molecule has 110 valence electrons. The van der Waals surface area contributed by atoms with Gasteiger partial charge in [-0.3, -0.25) is 4.90 Å². The normalized spacial score (nSPS) is 21.1. The molecule has 2 saturated heterocycles. The third-order valence-corrected chi connectivity index (χ3v) is 4.38. The molecule has 5 heteroatoms. The zero-order valence-electron chi connectivity index (χ0n) is 11.7. The minimum atomic E-state index is 0.826. The summed E-state index contributed by atoms with van der Waals surface area (Å²) in [6.45, 7) is 8.36. The molecular weight excluding hydrogens is 320 g/mol. The van der Waals surface area contributed by atoms with Gasteiger partial charge < -0.3 is 14.4 Å². The molecule has 0 atom stereocenters. The van der Waals surface area contributed by atoms with Crippen LogP contribution in [0.2, 0.25) is 0 Å². The molecule has 0 N–H and O–H groups in total. The monoisotopic (exact) mass is 340 g/mol. The molecule has 1 aromatic carbocycles. The van der Waals surface area contributed by atoms with Crippen molar-refractivity contribution in [3.8, 4) is 0 Å². The highest BCUT2D eigenvalue weighted by Crippen LogP contribution is 2.27. The Hall–Kier alpha value is -0.620. The molecule has 0 spiro atoms. The minimum absolute atomic E-state index is 0.826. The van der Waals surface area contributed by atoms with Gasteiger partial charge in [-0.2, -0.15) is 0 Å². The molecule has 2 aliphatic heterocycles. The van der Waals surface area contributed by atoms with E-state index in [4.69, 9.17) is 9.47 Å². The molecule has 2 heterocycles. The van der Waals surface area contributed by atoms with E-state index in [-0.39, 0.29) is 0 Å². The van der Waals surface area contributed by atoms with Crippen LogP contribution in [0.1, 0.15) is 5.56 Å². The highest BCUT2D eigenvalue weighted by Gasteiger charge is 2.18. The summed E-state index contributed by atoms with van der Waals surface area (Å²) in [5.41, 5.74) is 2.74. The second-order valence-corrected chi connectivity index (χ2v) is 6.18. The fourth-order valence-corrected chi connectivity index (χ4v) is 3.20. The van der Waals surface area contributed by atoms with Crippen molar-refractivity contribution in [2.45, 2.75) is 6.54 Å². The number of ether oxygens (including phenoxy) is 2. The largest absolute Gasteiger partial charge is 0.379 e. The molecule has 0 unspecified atom stereocenters. The van der Waals surface area contributed by atoms with Crippen molar-refractivity contribution in [1.82, 2.24) is 4.90 Å². The van der Waals surface area contributed by atoms with E-state index in [1.807, 2.05) is 0 Å². The number of nitrogens with zero attached hydrogens (tertiary/aromatic N) is 2. The summed E-state index contributed by atoms with van der Waals surface area (Å²) >= 11 is 3.60. The predicted octanol–water partition coefficient (Wildman–Crippen LogP) is 2.12.